The molecule has 1 aliphatic rings. The van der Waals surface area contributed by atoms with Gasteiger partial charge in [0.05, 0.1) is 4.47 Å². The Morgan fingerprint density at radius 1 is 1.33 bits per heavy atom. The SMILES string of the molecule is CC(C)c1c(-c2cc(C(=O)O)on2)cc(Br)c2c1OCO2. The number of hydrogen-bond donors (Lipinski definition) is 1. The maximum atomic E-state index is 10.9. The predicted octanol–water partition coefficient (Wildman–Crippen LogP) is 3.65. The highest BCUT2D eigenvalue weighted by molar-refractivity contribution is 9.10. The predicted molar refractivity (Wildman–Crippen MR) is 76.8 cm³/mol. The molecule has 0 bridgehead atoms. The molecule has 0 saturated carbocycles. The highest BCUT2D eigenvalue weighted by Crippen LogP contribution is 2.48. The minimum Gasteiger partial charge on any atom is -0.475 e. The smallest absolute Gasteiger partial charge is 0.374 e. The monoisotopic (exact) mass is 353 g/mol. The summed E-state index contributed by atoms with van der Waals surface area (Å²) in [7, 11) is 0. The van der Waals surface area contributed by atoms with Crippen LogP contribution in [-0.4, -0.2) is 23.0 Å². The maximum Gasteiger partial charge on any atom is 0.374 e. The normalized spacial score (nSPS) is 13.0. The van der Waals surface area contributed by atoms with Crippen LogP contribution in [0.3, 0.4) is 0 Å². The Balaban J connectivity index is 2.21. The second-order valence-electron chi connectivity index (χ2n) is 4.92. The molecule has 0 spiro atoms. The van der Waals surface area contributed by atoms with E-state index in [1.807, 2.05) is 19.9 Å². The number of fused-ring (bicyclic) bond motifs is 1. The molecule has 0 atom stereocenters. The Morgan fingerprint density at radius 2 is 2.05 bits per heavy atom. The number of carboxylic acids is 1. The zero-order chi connectivity index (χ0) is 15.1. The molecule has 0 radical (unpaired) electrons. The van der Waals surface area contributed by atoms with Gasteiger partial charge in [0.2, 0.25) is 12.6 Å². The molecule has 1 aliphatic heterocycles. The summed E-state index contributed by atoms with van der Waals surface area (Å²) in [6, 6.07) is 3.24. The third-order valence-electron chi connectivity index (χ3n) is 3.21. The van der Waals surface area contributed by atoms with Crippen molar-refractivity contribution < 1.29 is 23.9 Å². The van der Waals surface area contributed by atoms with Gasteiger partial charge in [-0.1, -0.05) is 19.0 Å². The summed E-state index contributed by atoms with van der Waals surface area (Å²) in [4.78, 5) is 10.9. The molecule has 2 aromatic rings. The van der Waals surface area contributed by atoms with Crippen LogP contribution in [0.2, 0.25) is 0 Å². The summed E-state index contributed by atoms with van der Waals surface area (Å²) < 4.78 is 16.6. The summed E-state index contributed by atoms with van der Waals surface area (Å²) in [5.41, 5.74) is 2.13. The number of halogens is 1. The molecule has 21 heavy (non-hydrogen) atoms. The van der Waals surface area contributed by atoms with Gasteiger partial charge in [-0.15, -0.1) is 0 Å². The van der Waals surface area contributed by atoms with Gasteiger partial charge in [0, 0.05) is 17.2 Å². The van der Waals surface area contributed by atoms with E-state index in [-0.39, 0.29) is 18.5 Å². The minimum absolute atomic E-state index is 0.147. The van der Waals surface area contributed by atoms with E-state index in [1.54, 1.807) is 0 Å². The van der Waals surface area contributed by atoms with Crippen LogP contribution in [0.5, 0.6) is 11.5 Å². The van der Waals surface area contributed by atoms with E-state index < -0.39 is 5.97 Å². The van der Waals surface area contributed by atoms with Crippen molar-refractivity contribution in [2.45, 2.75) is 19.8 Å². The number of aromatic nitrogens is 1. The number of carbonyl (C=O) groups is 1. The number of aromatic carboxylic acids is 1. The number of benzene rings is 1. The highest BCUT2D eigenvalue weighted by Gasteiger charge is 2.28. The minimum atomic E-state index is -1.15. The fourth-order valence-electron chi connectivity index (χ4n) is 2.34. The zero-order valence-electron chi connectivity index (χ0n) is 11.3. The van der Waals surface area contributed by atoms with Gasteiger partial charge in [-0.2, -0.15) is 0 Å². The van der Waals surface area contributed by atoms with Crippen LogP contribution in [0.15, 0.2) is 21.1 Å². The molecule has 2 heterocycles. The molecule has 0 unspecified atom stereocenters. The van der Waals surface area contributed by atoms with Crippen LogP contribution >= 0.6 is 15.9 Å². The number of nitrogens with zero attached hydrogens (tertiary/aromatic N) is 1. The molecule has 7 heteroatoms. The van der Waals surface area contributed by atoms with Crippen molar-refractivity contribution in [1.82, 2.24) is 5.16 Å². The van der Waals surface area contributed by atoms with Gasteiger partial charge in [0.25, 0.3) is 0 Å². The van der Waals surface area contributed by atoms with Crippen LogP contribution in [-0.2, 0) is 0 Å². The third-order valence-corrected chi connectivity index (χ3v) is 3.80. The first-order valence-electron chi connectivity index (χ1n) is 6.31. The van der Waals surface area contributed by atoms with E-state index in [1.165, 1.54) is 6.07 Å². The Hall–Kier alpha value is -2.02. The van der Waals surface area contributed by atoms with Crippen LogP contribution < -0.4 is 9.47 Å². The first-order valence-corrected chi connectivity index (χ1v) is 7.10. The summed E-state index contributed by atoms with van der Waals surface area (Å²) >= 11 is 3.43. The lowest BCUT2D eigenvalue weighted by Gasteiger charge is -2.15. The Labute approximate surface area is 128 Å². The van der Waals surface area contributed by atoms with Crippen LogP contribution in [0.1, 0.15) is 35.9 Å². The van der Waals surface area contributed by atoms with E-state index in [4.69, 9.17) is 19.1 Å². The van der Waals surface area contributed by atoms with E-state index in [2.05, 4.69) is 21.1 Å². The van der Waals surface area contributed by atoms with Crippen molar-refractivity contribution in [3.05, 3.63) is 27.9 Å². The summed E-state index contributed by atoms with van der Waals surface area (Å²) in [6.07, 6.45) is 0. The maximum absolute atomic E-state index is 10.9. The molecule has 110 valence electrons. The number of ether oxygens (including phenoxy) is 2. The van der Waals surface area contributed by atoms with E-state index in [0.717, 1.165) is 15.6 Å². The van der Waals surface area contributed by atoms with Gasteiger partial charge >= 0.3 is 5.97 Å². The molecular weight excluding hydrogens is 342 g/mol. The van der Waals surface area contributed by atoms with Crippen molar-refractivity contribution in [1.29, 1.82) is 0 Å². The molecule has 1 aromatic heterocycles. The molecule has 3 rings (SSSR count). The van der Waals surface area contributed by atoms with Gasteiger partial charge in [-0.25, -0.2) is 4.79 Å². The second kappa shape index (κ2) is 5.07. The average Bonchev–Trinajstić information content (AvgIpc) is 3.07. The molecule has 0 aliphatic carbocycles. The van der Waals surface area contributed by atoms with Crippen LogP contribution in [0.25, 0.3) is 11.3 Å². The fraction of sp³-hybridized carbons (Fsp3) is 0.286. The summed E-state index contributed by atoms with van der Waals surface area (Å²) in [5.74, 6) is 0.111. The topological polar surface area (TPSA) is 81.8 Å². The average molecular weight is 354 g/mol. The zero-order valence-corrected chi connectivity index (χ0v) is 12.9. The quantitative estimate of drug-likeness (QED) is 0.906. The fourth-order valence-corrected chi connectivity index (χ4v) is 2.86. The van der Waals surface area contributed by atoms with Crippen molar-refractivity contribution in [3.63, 3.8) is 0 Å². The lowest BCUT2D eigenvalue weighted by atomic mass is 9.93. The number of carboxylic acid groups (broad SMARTS) is 1. The highest BCUT2D eigenvalue weighted by atomic mass is 79.9. The van der Waals surface area contributed by atoms with Gasteiger partial charge < -0.3 is 19.1 Å². The summed E-state index contributed by atoms with van der Waals surface area (Å²) in [5, 5.41) is 12.8. The largest absolute Gasteiger partial charge is 0.475 e. The lowest BCUT2D eigenvalue weighted by molar-refractivity contribution is 0.0652. The number of hydrogen-bond acceptors (Lipinski definition) is 5. The second-order valence-corrected chi connectivity index (χ2v) is 5.77. The Bertz CT molecular complexity index is 722. The molecule has 1 N–H and O–H groups in total. The van der Waals surface area contributed by atoms with Crippen molar-refractivity contribution in [3.8, 4) is 22.8 Å². The number of rotatable bonds is 3. The van der Waals surface area contributed by atoms with Gasteiger partial charge in [0.1, 0.15) is 5.69 Å². The molecule has 1 aromatic carbocycles. The van der Waals surface area contributed by atoms with Gasteiger partial charge in [-0.05, 0) is 27.9 Å². The standard InChI is InChI=1S/C14H12BrNO5/c1-6(2)11-7(9-4-10(14(17)18)21-16-9)3-8(15)12-13(11)20-5-19-12/h3-4,6H,5H2,1-2H3,(H,17,18). The first-order chi connectivity index (χ1) is 9.99. The van der Waals surface area contributed by atoms with Crippen molar-refractivity contribution in [2.24, 2.45) is 0 Å². The molecule has 0 fully saturated rings. The molecule has 6 nitrogen and oxygen atoms in total. The third kappa shape index (κ3) is 2.27. The molecule has 0 amide bonds. The van der Waals surface area contributed by atoms with Crippen LogP contribution in [0, 0.1) is 0 Å². The molecule has 0 saturated heterocycles. The van der Waals surface area contributed by atoms with Crippen LogP contribution in [0.4, 0.5) is 0 Å². The Morgan fingerprint density at radius 3 is 2.67 bits per heavy atom. The van der Waals surface area contributed by atoms with Gasteiger partial charge in [0.15, 0.2) is 11.5 Å². The Kier molecular flexibility index (Phi) is 3.36. The van der Waals surface area contributed by atoms with E-state index in [0.29, 0.717) is 17.2 Å². The van der Waals surface area contributed by atoms with E-state index >= 15 is 0 Å². The molecular formula is C14H12BrNO5. The lowest BCUT2D eigenvalue weighted by Crippen LogP contribution is -1.98. The van der Waals surface area contributed by atoms with Gasteiger partial charge in [-0.3, -0.25) is 0 Å². The van der Waals surface area contributed by atoms with Crippen molar-refractivity contribution in [2.75, 3.05) is 6.79 Å². The van der Waals surface area contributed by atoms with Crippen molar-refractivity contribution >= 4 is 21.9 Å². The first kappa shape index (κ1) is 13.9. The summed E-state index contributed by atoms with van der Waals surface area (Å²) in [6.45, 7) is 4.20. The van der Waals surface area contributed by atoms with E-state index in [9.17, 15) is 4.79 Å².